The Hall–Kier alpha value is -5.70. The van der Waals surface area contributed by atoms with Gasteiger partial charge in [0.05, 0.1) is 23.4 Å². The van der Waals surface area contributed by atoms with E-state index in [1.165, 1.54) is 12.1 Å². The molecule has 4 fully saturated rings. The van der Waals surface area contributed by atoms with Crippen LogP contribution in [0.15, 0.2) is 89.7 Å². The molecule has 3 aromatic carbocycles. The molecule has 0 aliphatic carbocycles. The van der Waals surface area contributed by atoms with Gasteiger partial charge in [-0.2, -0.15) is 5.10 Å². The lowest BCUT2D eigenvalue weighted by Crippen LogP contribution is -2.52. The van der Waals surface area contributed by atoms with E-state index in [4.69, 9.17) is 9.47 Å². The number of fused-ring (bicyclic) bond motifs is 4. The third-order valence-electron chi connectivity index (χ3n) is 12.0. The molecule has 14 heteroatoms. The minimum absolute atomic E-state index is 0.0448. The number of ether oxygens (including phenoxy) is 2. The number of hydrogen-bond donors (Lipinski definition) is 5. The first-order valence-electron chi connectivity index (χ1n) is 20.2. The van der Waals surface area contributed by atoms with E-state index in [0.717, 1.165) is 62.1 Å². The number of alkyl carbamates (subject to hydrolysis) is 1. The molecular formula is C44H51N7O7. The number of phenols is 1. The third-order valence-corrected chi connectivity index (χ3v) is 12.0. The summed E-state index contributed by atoms with van der Waals surface area (Å²) in [6.07, 6.45) is 2.40. The van der Waals surface area contributed by atoms with Gasteiger partial charge in [-0.1, -0.05) is 48.5 Å². The Kier molecular flexibility index (Phi) is 11.8. The van der Waals surface area contributed by atoms with Gasteiger partial charge in [0.25, 0.3) is 5.91 Å². The first kappa shape index (κ1) is 39.1. The fourth-order valence-electron chi connectivity index (χ4n) is 8.61. The molecule has 9 rings (SSSR count). The Morgan fingerprint density at radius 3 is 2.47 bits per heavy atom. The van der Waals surface area contributed by atoms with Crippen molar-refractivity contribution < 1.29 is 29.3 Å². The number of aromatic amines is 1. The van der Waals surface area contributed by atoms with E-state index in [-0.39, 0.29) is 29.9 Å². The quantitative estimate of drug-likeness (QED) is 0.113. The lowest BCUT2D eigenvalue weighted by Gasteiger charge is -2.43. The molecule has 14 nitrogen and oxygen atoms in total. The average Bonchev–Trinajstić information content (AvgIpc) is 3.63. The van der Waals surface area contributed by atoms with E-state index in [2.05, 4.69) is 25.6 Å². The van der Waals surface area contributed by atoms with Crippen molar-refractivity contribution in [3.8, 4) is 11.5 Å². The second-order valence-electron chi connectivity index (χ2n) is 15.8. The van der Waals surface area contributed by atoms with E-state index in [1.807, 2.05) is 59.5 Å². The topological polar surface area (TPSA) is 174 Å². The lowest BCUT2D eigenvalue weighted by atomic mass is 9.86. The standard InChI is InChI=1S/C44H51N7O7/c1-49-32(27-57-33-9-5-8-31(22-33)41(30-6-3-2-4-7-30)47-44(56)58-39-26-50-18-16-29(39)17-19-50)23-36(48-49)43(55)51-20-14-28(15-21-51)24-45-25-38(53)34-10-12-37(52)42-35(34)11-13-40(54)46-42/h2-13,22-23,28-29,38-39,41,45,52-53H,14-21,24-27H2,1H3,(H,46,54)(H,47,56)/t38-,39?,41-/m0/s1. The number of aliphatic hydroxyl groups is 1. The van der Waals surface area contributed by atoms with Gasteiger partial charge in [-0.15, -0.1) is 0 Å². The van der Waals surface area contributed by atoms with E-state index >= 15 is 0 Å². The number of likely N-dealkylation sites (tertiary alicyclic amines) is 1. The fraction of sp³-hybridized carbons (Fsp3) is 0.409. The first-order valence-corrected chi connectivity index (χ1v) is 20.2. The Morgan fingerprint density at radius 1 is 0.931 bits per heavy atom. The molecule has 2 bridgehead atoms. The molecule has 5 N–H and O–H groups in total. The molecule has 4 aliphatic rings. The Morgan fingerprint density at radius 2 is 1.71 bits per heavy atom. The number of aromatic hydroxyl groups is 1. The largest absolute Gasteiger partial charge is 0.506 e. The Labute approximate surface area is 336 Å². The predicted molar refractivity (Wildman–Crippen MR) is 218 cm³/mol. The van der Waals surface area contributed by atoms with Crippen LogP contribution in [-0.2, 0) is 18.4 Å². The zero-order valence-electron chi connectivity index (χ0n) is 32.7. The molecule has 0 spiro atoms. The van der Waals surface area contributed by atoms with E-state index in [1.54, 1.807) is 29.9 Å². The van der Waals surface area contributed by atoms with Crippen molar-refractivity contribution in [3.05, 3.63) is 123 Å². The molecule has 2 amide bonds. The summed E-state index contributed by atoms with van der Waals surface area (Å²) in [7, 11) is 1.80. The van der Waals surface area contributed by atoms with Crippen LogP contribution < -0.4 is 20.9 Å². The SMILES string of the molecule is Cn1nc(C(=O)N2CCC(CNC[C@H](O)c3ccc(O)c4[nH]c(=O)ccc34)CC2)cc1COc1cccc([C@@H](NC(=O)OC2CN3CCC2CC3)c2ccccc2)c1. The molecule has 3 atom stereocenters. The van der Waals surface area contributed by atoms with E-state index in [0.29, 0.717) is 65.9 Å². The van der Waals surface area contributed by atoms with Gasteiger partial charge in [0.1, 0.15) is 24.2 Å². The number of aryl methyl sites for hydroxylation is 1. The summed E-state index contributed by atoms with van der Waals surface area (Å²) in [6, 6.07) is 25.0. The lowest BCUT2D eigenvalue weighted by molar-refractivity contribution is -0.0336. The van der Waals surface area contributed by atoms with Crippen molar-refractivity contribution >= 4 is 22.9 Å². The van der Waals surface area contributed by atoms with Crippen molar-refractivity contribution in [2.45, 2.75) is 50.5 Å². The van der Waals surface area contributed by atoms with Crippen LogP contribution in [0.2, 0.25) is 0 Å². The smallest absolute Gasteiger partial charge is 0.408 e. The summed E-state index contributed by atoms with van der Waals surface area (Å²) in [4.78, 5) is 45.4. The molecule has 0 saturated carbocycles. The van der Waals surface area contributed by atoms with Crippen LogP contribution in [0.4, 0.5) is 4.79 Å². The van der Waals surface area contributed by atoms with Crippen molar-refractivity contribution in [1.82, 2.24) is 35.2 Å². The number of phenolic OH excluding ortho intramolecular Hbond substituents is 1. The maximum Gasteiger partial charge on any atom is 0.408 e. The summed E-state index contributed by atoms with van der Waals surface area (Å²) < 4.78 is 13.9. The maximum absolute atomic E-state index is 13.5. The number of rotatable bonds is 13. The number of H-pyrrole nitrogens is 1. The molecule has 0 radical (unpaired) electrons. The van der Waals surface area contributed by atoms with Gasteiger partial charge >= 0.3 is 6.09 Å². The number of nitrogens with zero attached hydrogens (tertiary/aromatic N) is 4. The molecule has 58 heavy (non-hydrogen) atoms. The number of nitrogens with one attached hydrogen (secondary N) is 3. The maximum atomic E-state index is 13.5. The van der Waals surface area contributed by atoms with Crippen LogP contribution in [0.1, 0.15) is 70.7 Å². The number of carbonyl (C=O) groups excluding carboxylic acids is 2. The summed E-state index contributed by atoms with van der Waals surface area (Å²) >= 11 is 0. The van der Waals surface area contributed by atoms with Crippen molar-refractivity contribution in [3.63, 3.8) is 0 Å². The van der Waals surface area contributed by atoms with Crippen LogP contribution in [0.25, 0.3) is 10.9 Å². The van der Waals surface area contributed by atoms with Gasteiger partial charge in [-0.05, 0) is 104 Å². The average molecular weight is 790 g/mol. The fourth-order valence-corrected chi connectivity index (χ4v) is 8.61. The summed E-state index contributed by atoms with van der Waals surface area (Å²) in [5.74, 6) is 1.20. The van der Waals surface area contributed by atoms with Gasteiger partial charge in [-0.3, -0.25) is 19.2 Å². The minimum Gasteiger partial charge on any atom is -0.506 e. The molecule has 4 aliphatic heterocycles. The summed E-state index contributed by atoms with van der Waals surface area (Å²) in [5, 5.41) is 32.7. The van der Waals surface area contributed by atoms with Gasteiger partial charge in [-0.25, -0.2) is 4.79 Å². The van der Waals surface area contributed by atoms with Crippen LogP contribution in [0.3, 0.4) is 0 Å². The molecule has 4 saturated heterocycles. The second kappa shape index (κ2) is 17.4. The molecule has 304 valence electrons. The monoisotopic (exact) mass is 789 g/mol. The van der Waals surface area contributed by atoms with Gasteiger partial charge in [0.2, 0.25) is 5.56 Å². The second-order valence-corrected chi connectivity index (χ2v) is 15.8. The zero-order chi connectivity index (χ0) is 40.2. The highest BCUT2D eigenvalue weighted by molar-refractivity contribution is 5.92. The zero-order valence-corrected chi connectivity index (χ0v) is 32.7. The van der Waals surface area contributed by atoms with E-state index < -0.39 is 18.2 Å². The predicted octanol–water partition coefficient (Wildman–Crippen LogP) is 4.63. The highest BCUT2D eigenvalue weighted by Gasteiger charge is 2.37. The number of carbonyl (C=O) groups is 2. The molecule has 2 aromatic heterocycles. The highest BCUT2D eigenvalue weighted by atomic mass is 16.6. The van der Waals surface area contributed by atoms with Gasteiger partial charge in [0, 0.05) is 44.7 Å². The van der Waals surface area contributed by atoms with Crippen molar-refractivity contribution in [2.24, 2.45) is 18.9 Å². The number of aromatic nitrogens is 3. The number of benzene rings is 3. The van der Waals surface area contributed by atoms with Crippen LogP contribution in [0.5, 0.6) is 11.5 Å². The molecule has 1 unspecified atom stereocenters. The number of pyridine rings is 1. The summed E-state index contributed by atoms with van der Waals surface area (Å²) in [5.41, 5.74) is 3.50. The number of piperidine rings is 4. The number of hydrogen-bond acceptors (Lipinski definition) is 10. The first-order chi connectivity index (χ1) is 28.2. The van der Waals surface area contributed by atoms with Gasteiger partial charge in [0.15, 0.2) is 5.69 Å². The Balaban J connectivity index is 0.829. The van der Waals surface area contributed by atoms with E-state index in [9.17, 15) is 24.6 Å². The number of amides is 2. The van der Waals surface area contributed by atoms with Gasteiger partial charge < -0.3 is 40.2 Å². The third kappa shape index (κ3) is 8.89. The molecule has 5 aromatic rings. The van der Waals surface area contributed by atoms with Crippen LogP contribution >= 0.6 is 0 Å². The number of aliphatic hydroxyl groups excluding tert-OH is 1. The van der Waals surface area contributed by atoms with Crippen LogP contribution in [0, 0.1) is 11.8 Å². The van der Waals surface area contributed by atoms with Crippen molar-refractivity contribution in [2.75, 3.05) is 45.8 Å². The normalized spacial score (nSPS) is 20.4. The van der Waals surface area contributed by atoms with Crippen molar-refractivity contribution in [1.29, 1.82) is 0 Å². The summed E-state index contributed by atoms with van der Waals surface area (Å²) in [6.45, 7) is 5.33. The molecule has 6 heterocycles. The van der Waals surface area contributed by atoms with Crippen LogP contribution in [-0.4, -0.2) is 98.7 Å². The Bertz CT molecular complexity index is 2280. The molecular weight excluding hydrogens is 739 g/mol. The highest BCUT2D eigenvalue weighted by Crippen LogP contribution is 2.32. The minimum atomic E-state index is -0.833.